The van der Waals surface area contributed by atoms with Crippen LogP contribution in [0.25, 0.3) is 0 Å². The Bertz CT molecular complexity index is 446. The molecule has 18 heavy (non-hydrogen) atoms. The second-order valence-corrected chi connectivity index (χ2v) is 4.64. The molecule has 1 aromatic carbocycles. The summed E-state index contributed by atoms with van der Waals surface area (Å²) in [5.74, 6) is 2.61. The van der Waals surface area contributed by atoms with Gasteiger partial charge in [-0.1, -0.05) is 41.4 Å². The first-order chi connectivity index (χ1) is 8.50. The molecule has 4 N–H and O–H groups in total. The molecule has 0 aliphatic carbocycles. The molecule has 0 fully saturated rings. The first-order valence-corrected chi connectivity index (χ1v) is 5.75. The summed E-state index contributed by atoms with van der Waals surface area (Å²) in [6.07, 6.45) is 5.42. The summed E-state index contributed by atoms with van der Waals surface area (Å²) in [7, 11) is 0. The highest BCUT2D eigenvalue weighted by atomic mass is 16.4. The van der Waals surface area contributed by atoms with E-state index < -0.39 is 5.54 Å². The van der Waals surface area contributed by atoms with Crippen LogP contribution >= 0.6 is 0 Å². The Balaban J connectivity index is 2.86. The van der Waals surface area contributed by atoms with Gasteiger partial charge in [0.05, 0.1) is 11.5 Å². The third-order valence-corrected chi connectivity index (χ3v) is 2.78. The van der Waals surface area contributed by atoms with Crippen LogP contribution in [0.1, 0.15) is 25.3 Å². The standard InChI is InChI=1S/C14H19N3O/c1-4-14(2,3)16-10-12(13(15)17-18)11-8-6-5-7-9-11/h1,5-9,12,16,18H,10H2,2-3H3,(H2,15,17). The Morgan fingerprint density at radius 3 is 2.61 bits per heavy atom. The van der Waals surface area contributed by atoms with Crippen molar-refractivity contribution >= 4 is 5.84 Å². The number of terminal acetylenes is 1. The zero-order chi connectivity index (χ0) is 13.6. The molecule has 1 unspecified atom stereocenters. The largest absolute Gasteiger partial charge is 0.409 e. The summed E-state index contributed by atoms with van der Waals surface area (Å²) in [5, 5.41) is 15.2. The van der Waals surface area contributed by atoms with Crippen LogP contribution in [0.4, 0.5) is 0 Å². The quantitative estimate of drug-likeness (QED) is 0.242. The van der Waals surface area contributed by atoms with Gasteiger partial charge in [-0.2, -0.15) is 0 Å². The minimum Gasteiger partial charge on any atom is -0.409 e. The van der Waals surface area contributed by atoms with Gasteiger partial charge in [-0.25, -0.2) is 0 Å². The van der Waals surface area contributed by atoms with E-state index in [0.29, 0.717) is 6.54 Å². The van der Waals surface area contributed by atoms with Gasteiger partial charge in [-0.3, -0.25) is 0 Å². The lowest BCUT2D eigenvalue weighted by atomic mass is 9.96. The van der Waals surface area contributed by atoms with Crippen molar-refractivity contribution in [3.63, 3.8) is 0 Å². The summed E-state index contributed by atoms with van der Waals surface area (Å²) < 4.78 is 0. The van der Waals surface area contributed by atoms with Gasteiger partial charge in [0.25, 0.3) is 0 Å². The van der Waals surface area contributed by atoms with E-state index in [-0.39, 0.29) is 11.8 Å². The summed E-state index contributed by atoms with van der Waals surface area (Å²) in [4.78, 5) is 0. The Morgan fingerprint density at radius 2 is 2.11 bits per heavy atom. The van der Waals surface area contributed by atoms with Crippen molar-refractivity contribution in [2.75, 3.05) is 6.54 Å². The van der Waals surface area contributed by atoms with E-state index >= 15 is 0 Å². The molecule has 1 aromatic rings. The first-order valence-electron chi connectivity index (χ1n) is 5.75. The molecule has 96 valence electrons. The van der Waals surface area contributed by atoms with Crippen LogP contribution in [-0.2, 0) is 0 Å². The zero-order valence-electron chi connectivity index (χ0n) is 10.7. The summed E-state index contributed by atoms with van der Waals surface area (Å²) in [6, 6.07) is 9.63. The van der Waals surface area contributed by atoms with E-state index in [2.05, 4.69) is 16.4 Å². The van der Waals surface area contributed by atoms with Crippen molar-refractivity contribution in [3.05, 3.63) is 35.9 Å². The van der Waals surface area contributed by atoms with E-state index in [1.807, 2.05) is 44.2 Å². The summed E-state index contributed by atoms with van der Waals surface area (Å²) in [5.41, 5.74) is 6.28. The van der Waals surface area contributed by atoms with Crippen LogP contribution in [0.2, 0.25) is 0 Å². The molecule has 0 bridgehead atoms. The maximum atomic E-state index is 8.85. The molecular formula is C14H19N3O. The Labute approximate surface area is 108 Å². The maximum absolute atomic E-state index is 8.85. The third-order valence-electron chi connectivity index (χ3n) is 2.78. The summed E-state index contributed by atoms with van der Waals surface area (Å²) >= 11 is 0. The van der Waals surface area contributed by atoms with Crippen LogP contribution in [-0.4, -0.2) is 23.1 Å². The number of nitrogens with two attached hydrogens (primary N) is 1. The molecule has 0 aromatic heterocycles. The number of hydrogen-bond donors (Lipinski definition) is 3. The normalized spacial score (nSPS) is 13.9. The van der Waals surface area contributed by atoms with E-state index in [4.69, 9.17) is 17.4 Å². The lowest BCUT2D eigenvalue weighted by Crippen LogP contribution is -2.42. The third kappa shape index (κ3) is 3.79. The fourth-order valence-corrected chi connectivity index (χ4v) is 1.56. The number of benzene rings is 1. The molecule has 0 spiro atoms. The summed E-state index contributed by atoms with van der Waals surface area (Å²) in [6.45, 7) is 4.32. The first kappa shape index (κ1) is 14.1. The number of rotatable bonds is 5. The Kier molecular flexibility index (Phi) is 4.75. The predicted molar refractivity (Wildman–Crippen MR) is 73.5 cm³/mol. The lowest BCUT2D eigenvalue weighted by molar-refractivity contribution is 0.315. The maximum Gasteiger partial charge on any atom is 0.147 e. The predicted octanol–water partition coefficient (Wildman–Crippen LogP) is 1.52. The van der Waals surface area contributed by atoms with Crippen LogP contribution in [0, 0.1) is 12.3 Å². The van der Waals surface area contributed by atoms with Crippen molar-refractivity contribution in [1.29, 1.82) is 0 Å². The topological polar surface area (TPSA) is 70.6 Å². The van der Waals surface area contributed by atoms with Gasteiger partial charge in [0.2, 0.25) is 0 Å². The van der Waals surface area contributed by atoms with Gasteiger partial charge < -0.3 is 16.3 Å². The highest BCUT2D eigenvalue weighted by molar-refractivity contribution is 5.87. The number of hydrogen-bond acceptors (Lipinski definition) is 3. The minimum absolute atomic E-state index is 0.168. The SMILES string of the molecule is C#CC(C)(C)NCC(C(N)=NO)c1ccccc1. The molecule has 1 atom stereocenters. The van der Waals surface area contributed by atoms with Gasteiger partial charge in [0.1, 0.15) is 5.84 Å². The van der Waals surface area contributed by atoms with Crippen molar-refractivity contribution in [3.8, 4) is 12.3 Å². The number of amidine groups is 1. The van der Waals surface area contributed by atoms with Gasteiger partial charge >= 0.3 is 0 Å². The van der Waals surface area contributed by atoms with E-state index in [1.54, 1.807) is 0 Å². The molecule has 0 saturated heterocycles. The molecule has 0 amide bonds. The van der Waals surface area contributed by atoms with Crippen molar-refractivity contribution in [1.82, 2.24) is 5.32 Å². The smallest absolute Gasteiger partial charge is 0.147 e. The number of nitrogens with zero attached hydrogens (tertiary/aromatic N) is 1. The minimum atomic E-state index is -0.428. The van der Waals surface area contributed by atoms with Gasteiger partial charge in [0.15, 0.2) is 0 Å². The van der Waals surface area contributed by atoms with Crippen LogP contribution in [0.3, 0.4) is 0 Å². The molecule has 0 saturated carbocycles. The monoisotopic (exact) mass is 245 g/mol. The van der Waals surface area contributed by atoms with Gasteiger partial charge in [-0.05, 0) is 19.4 Å². The molecule has 4 nitrogen and oxygen atoms in total. The highest BCUT2D eigenvalue weighted by Gasteiger charge is 2.20. The second-order valence-electron chi connectivity index (χ2n) is 4.64. The molecule has 0 radical (unpaired) electrons. The molecule has 0 heterocycles. The lowest BCUT2D eigenvalue weighted by Gasteiger charge is -2.24. The molecule has 0 aliphatic rings. The Hall–Kier alpha value is -1.99. The zero-order valence-corrected chi connectivity index (χ0v) is 10.7. The molecule has 0 aliphatic heterocycles. The Morgan fingerprint density at radius 1 is 1.50 bits per heavy atom. The van der Waals surface area contributed by atoms with E-state index in [9.17, 15) is 0 Å². The van der Waals surface area contributed by atoms with Crippen molar-refractivity contribution in [2.45, 2.75) is 25.3 Å². The van der Waals surface area contributed by atoms with Crippen LogP contribution in [0.5, 0.6) is 0 Å². The van der Waals surface area contributed by atoms with E-state index in [1.165, 1.54) is 0 Å². The fourth-order valence-electron chi connectivity index (χ4n) is 1.56. The van der Waals surface area contributed by atoms with E-state index in [0.717, 1.165) is 5.56 Å². The second kappa shape index (κ2) is 6.08. The number of oxime groups is 1. The average molecular weight is 245 g/mol. The molecule has 4 heteroatoms. The molecule has 1 rings (SSSR count). The number of nitrogens with one attached hydrogen (secondary N) is 1. The fraction of sp³-hybridized carbons (Fsp3) is 0.357. The highest BCUT2D eigenvalue weighted by Crippen LogP contribution is 2.16. The van der Waals surface area contributed by atoms with Crippen molar-refractivity contribution < 1.29 is 5.21 Å². The van der Waals surface area contributed by atoms with Crippen molar-refractivity contribution in [2.24, 2.45) is 10.9 Å². The van der Waals surface area contributed by atoms with Gasteiger partial charge in [-0.15, -0.1) is 6.42 Å². The molecular weight excluding hydrogens is 226 g/mol. The van der Waals surface area contributed by atoms with Gasteiger partial charge in [0, 0.05) is 6.54 Å². The van der Waals surface area contributed by atoms with Crippen LogP contribution < -0.4 is 11.1 Å². The average Bonchev–Trinajstić information content (AvgIpc) is 2.39. The van der Waals surface area contributed by atoms with Crippen LogP contribution in [0.15, 0.2) is 35.5 Å².